The van der Waals surface area contributed by atoms with E-state index in [1.165, 1.54) is 0 Å². The molecule has 1 heterocycles. The predicted octanol–water partition coefficient (Wildman–Crippen LogP) is 6.72. The van der Waals surface area contributed by atoms with Gasteiger partial charge in [-0.25, -0.2) is 8.42 Å². The van der Waals surface area contributed by atoms with E-state index < -0.39 is 9.84 Å². The molecule has 31 heavy (non-hydrogen) atoms. The lowest BCUT2D eigenvalue weighted by Gasteiger charge is -2.24. The SMILES string of the molecule is O=S(=O)(c1ccccc1)c1cc2c(c3ccccc13)Oc1ccc3ccccc3c1O2. The van der Waals surface area contributed by atoms with Crippen LogP contribution in [0.5, 0.6) is 23.0 Å². The van der Waals surface area contributed by atoms with E-state index >= 15 is 0 Å². The van der Waals surface area contributed by atoms with E-state index in [9.17, 15) is 8.42 Å². The van der Waals surface area contributed by atoms with Gasteiger partial charge < -0.3 is 9.47 Å². The molecular weight excluding hydrogens is 408 g/mol. The van der Waals surface area contributed by atoms with Crippen LogP contribution in [-0.4, -0.2) is 8.42 Å². The molecule has 0 spiro atoms. The number of ether oxygens (including phenoxy) is 2. The molecule has 150 valence electrons. The molecule has 1 aliphatic heterocycles. The van der Waals surface area contributed by atoms with Crippen LogP contribution in [-0.2, 0) is 9.84 Å². The van der Waals surface area contributed by atoms with Gasteiger partial charge in [0.2, 0.25) is 9.84 Å². The van der Waals surface area contributed by atoms with E-state index in [0.717, 1.165) is 10.8 Å². The summed E-state index contributed by atoms with van der Waals surface area (Å²) < 4.78 is 39.5. The fourth-order valence-electron chi connectivity index (χ4n) is 4.05. The Morgan fingerprint density at radius 3 is 1.97 bits per heavy atom. The fraction of sp³-hybridized carbons (Fsp3) is 0. The zero-order valence-corrected chi connectivity index (χ0v) is 17.1. The van der Waals surface area contributed by atoms with Crippen molar-refractivity contribution in [1.29, 1.82) is 0 Å². The second kappa shape index (κ2) is 6.59. The molecule has 0 saturated heterocycles. The molecule has 0 saturated carbocycles. The highest BCUT2D eigenvalue weighted by atomic mass is 32.2. The summed E-state index contributed by atoms with van der Waals surface area (Å²) in [5, 5.41) is 3.21. The second-order valence-corrected chi connectivity index (χ2v) is 9.30. The minimum atomic E-state index is -3.75. The Kier molecular flexibility index (Phi) is 3.82. The normalized spacial score (nSPS) is 12.6. The Hall–Kier alpha value is -3.83. The van der Waals surface area contributed by atoms with E-state index in [4.69, 9.17) is 9.47 Å². The van der Waals surface area contributed by atoms with Crippen LogP contribution < -0.4 is 9.47 Å². The van der Waals surface area contributed by atoms with Gasteiger partial charge in [-0.2, -0.15) is 0 Å². The lowest BCUT2D eigenvalue weighted by atomic mass is 10.1. The maximum absolute atomic E-state index is 13.5. The van der Waals surface area contributed by atoms with Gasteiger partial charge in [-0.3, -0.25) is 0 Å². The third kappa shape index (κ3) is 2.71. The lowest BCUT2D eigenvalue weighted by molar-refractivity contribution is 0.366. The molecule has 4 nitrogen and oxygen atoms in total. The number of hydrogen-bond acceptors (Lipinski definition) is 4. The Morgan fingerprint density at radius 1 is 0.548 bits per heavy atom. The first-order valence-corrected chi connectivity index (χ1v) is 11.3. The third-order valence-electron chi connectivity index (χ3n) is 5.53. The van der Waals surface area contributed by atoms with Crippen molar-refractivity contribution in [2.45, 2.75) is 9.79 Å². The average Bonchev–Trinajstić information content (AvgIpc) is 2.83. The summed E-state index contributed by atoms with van der Waals surface area (Å²) in [4.78, 5) is 0.433. The zero-order valence-electron chi connectivity index (χ0n) is 16.3. The standard InChI is InChI=1S/C26H16O4S/c27-31(28,18-9-2-1-3-10-18)24-16-23-26(21-13-7-6-12-20(21)24)29-22-15-14-17-8-4-5-11-19(17)25(22)30-23/h1-16H. The maximum atomic E-state index is 13.5. The summed E-state index contributed by atoms with van der Waals surface area (Å²) in [7, 11) is -3.75. The Morgan fingerprint density at radius 2 is 1.16 bits per heavy atom. The summed E-state index contributed by atoms with van der Waals surface area (Å²) >= 11 is 0. The molecular formula is C26H16O4S. The number of rotatable bonds is 2. The second-order valence-electron chi connectivity index (χ2n) is 7.38. The Balaban J connectivity index is 1.62. The number of fused-ring (bicyclic) bond motifs is 6. The van der Waals surface area contributed by atoms with Crippen molar-refractivity contribution in [1.82, 2.24) is 0 Å². The van der Waals surface area contributed by atoms with Crippen LogP contribution in [0.2, 0.25) is 0 Å². The van der Waals surface area contributed by atoms with Gasteiger partial charge in [0.25, 0.3) is 0 Å². The van der Waals surface area contributed by atoms with Crippen LogP contribution in [0, 0.1) is 0 Å². The van der Waals surface area contributed by atoms with Crippen molar-refractivity contribution in [3.05, 3.63) is 97.1 Å². The van der Waals surface area contributed by atoms with Crippen molar-refractivity contribution in [3.8, 4) is 23.0 Å². The van der Waals surface area contributed by atoms with E-state index in [-0.39, 0.29) is 9.79 Å². The van der Waals surface area contributed by atoms with Crippen LogP contribution in [0.25, 0.3) is 21.5 Å². The highest BCUT2D eigenvalue weighted by Crippen LogP contribution is 2.52. The van der Waals surface area contributed by atoms with Gasteiger partial charge in [0.1, 0.15) is 0 Å². The van der Waals surface area contributed by atoms with Gasteiger partial charge in [-0.15, -0.1) is 0 Å². The van der Waals surface area contributed by atoms with E-state index in [1.54, 1.807) is 42.5 Å². The first-order valence-electron chi connectivity index (χ1n) is 9.86. The first-order chi connectivity index (χ1) is 15.1. The molecule has 0 N–H and O–H groups in total. The summed E-state index contributed by atoms with van der Waals surface area (Å²) in [6, 6.07) is 29.1. The van der Waals surface area contributed by atoms with E-state index in [1.807, 2.05) is 54.6 Å². The van der Waals surface area contributed by atoms with Crippen LogP contribution in [0.15, 0.2) is 107 Å². The molecule has 0 aliphatic carbocycles. The third-order valence-corrected chi connectivity index (χ3v) is 7.34. The smallest absolute Gasteiger partial charge is 0.207 e. The molecule has 5 aromatic rings. The molecule has 1 aliphatic rings. The lowest BCUT2D eigenvalue weighted by Crippen LogP contribution is -2.06. The highest BCUT2D eigenvalue weighted by Gasteiger charge is 2.28. The largest absolute Gasteiger partial charge is 0.449 e. The molecule has 0 atom stereocenters. The van der Waals surface area contributed by atoms with Gasteiger partial charge in [-0.1, -0.05) is 72.8 Å². The van der Waals surface area contributed by atoms with Gasteiger partial charge in [0, 0.05) is 22.2 Å². The maximum Gasteiger partial charge on any atom is 0.207 e. The molecule has 0 amide bonds. The van der Waals surface area contributed by atoms with Crippen molar-refractivity contribution < 1.29 is 17.9 Å². The van der Waals surface area contributed by atoms with E-state index in [0.29, 0.717) is 33.8 Å². The number of sulfone groups is 1. The molecule has 0 fully saturated rings. The number of benzene rings is 5. The van der Waals surface area contributed by atoms with Gasteiger partial charge >= 0.3 is 0 Å². The summed E-state index contributed by atoms with van der Waals surface area (Å²) in [6.07, 6.45) is 0. The molecule has 0 aromatic heterocycles. The van der Waals surface area contributed by atoms with Crippen molar-refractivity contribution >= 4 is 31.4 Å². The minimum Gasteiger partial charge on any atom is -0.449 e. The van der Waals surface area contributed by atoms with Gasteiger partial charge in [-0.05, 0) is 23.6 Å². The molecule has 5 heteroatoms. The molecule has 0 bridgehead atoms. The minimum absolute atomic E-state index is 0.195. The average molecular weight is 424 g/mol. The molecule has 6 rings (SSSR count). The fourth-order valence-corrected chi connectivity index (χ4v) is 5.55. The molecule has 5 aromatic carbocycles. The Labute approximate surface area is 179 Å². The first kappa shape index (κ1) is 18.0. The van der Waals surface area contributed by atoms with Crippen molar-refractivity contribution in [3.63, 3.8) is 0 Å². The summed E-state index contributed by atoms with van der Waals surface area (Å²) in [5.74, 6) is 2.10. The van der Waals surface area contributed by atoms with Gasteiger partial charge in [0.15, 0.2) is 23.0 Å². The Bertz CT molecular complexity index is 1590. The molecule has 0 unspecified atom stereocenters. The van der Waals surface area contributed by atoms with Crippen LogP contribution in [0.3, 0.4) is 0 Å². The van der Waals surface area contributed by atoms with Gasteiger partial charge in [0.05, 0.1) is 9.79 Å². The zero-order chi connectivity index (χ0) is 21.0. The highest BCUT2D eigenvalue weighted by molar-refractivity contribution is 7.91. The van der Waals surface area contributed by atoms with Crippen LogP contribution in [0.4, 0.5) is 0 Å². The quantitative estimate of drug-likeness (QED) is 0.309. The van der Waals surface area contributed by atoms with Crippen molar-refractivity contribution in [2.75, 3.05) is 0 Å². The van der Waals surface area contributed by atoms with Crippen LogP contribution >= 0.6 is 0 Å². The van der Waals surface area contributed by atoms with E-state index in [2.05, 4.69) is 0 Å². The van der Waals surface area contributed by atoms with Crippen molar-refractivity contribution in [2.24, 2.45) is 0 Å². The van der Waals surface area contributed by atoms with Crippen LogP contribution in [0.1, 0.15) is 0 Å². The number of hydrogen-bond donors (Lipinski definition) is 0. The summed E-state index contributed by atoms with van der Waals surface area (Å²) in [5.41, 5.74) is 0. The molecule has 0 radical (unpaired) electrons. The summed E-state index contributed by atoms with van der Waals surface area (Å²) in [6.45, 7) is 0. The monoisotopic (exact) mass is 424 g/mol. The topological polar surface area (TPSA) is 52.6 Å². The predicted molar refractivity (Wildman–Crippen MR) is 120 cm³/mol.